The van der Waals surface area contributed by atoms with Gasteiger partial charge in [-0.3, -0.25) is 0 Å². The van der Waals surface area contributed by atoms with Crippen LogP contribution in [0.15, 0.2) is 16.6 Å². The van der Waals surface area contributed by atoms with E-state index < -0.39 is 0 Å². The fraction of sp³-hybridized carbons (Fsp3) is 0.600. The number of benzene rings is 1. The molecule has 3 heteroatoms. The summed E-state index contributed by atoms with van der Waals surface area (Å²) < 4.78 is 6.99. The maximum Gasteiger partial charge on any atom is 0.127 e. The van der Waals surface area contributed by atoms with Crippen LogP contribution in [0, 0.1) is 5.41 Å². The number of hydrogen-bond acceptors (Lipinski definition) is 2. The standard InChI is InChI=1S/C15H22BrNO/c1-5-15(2,3)14(17-4)12-9-11(16)8-10-6-7-18-13(10)12/h8-9,14,17H,5-7H2,1-4H3. The van der Waals surface area contributed by atoms with E-state index in [0.717, 1.165) is 29.7 Å². The second-order valence-corrected chi connectivity index (χ2v) is 6.56. The molecule has 0 amide bonds. The molecule has 1 N–H and O–H groups in total. The zero-order chi connectivity index (χ0) is 13.3. The molecule has 1 unspecified atom stereocenters. The lowest BCUT2D eigenvalue weighted by atomic mass is 9.78. The zero-order valence-electron chi connectivity index (χ0n) is 11.6. The first-order valence-electron chi connectivity index (χ1n) is 6.62. The summed E-state index contributed by atoms with van der Waals surface area (Å²) in [5.74, 6) is 1.10. The molecule has 100 valence electrons. The largest absolute Gasteiger partial charge is 0.493 e. The highest BCUT2D eigenvalue weighted by Crippen LogP contribution is 2.43. The number of ether oxygens (including phenoxy) is 1. The number of rotatable bonds is 4. The van der Waals surface area contributed by atoms with Crippen molar-refractivity contribution in [2.75, 3.05) is 13.7 Å². The minimum Gasteiger partial charge on any atom is -0.493 e. The van der Waals surface area contributed by atoms with Crippen LogP contribution in [0.3, 0.4) is 0 Å². The normalized spacial score (nSPS) is 16.3. The van der Waals surface area contributed by atoms with Gasteiger partial charge in [-0.2, -0.15) is 0 Å². The molecule has 1 aliphatic heterocycles. The average Bonchev–Trinajstić information content (AvgIpc) is 2.77. The lowest BCUT2D eigenvalue weighted by molar-refractivity contribution is 0.238. The smallest absolute Gasteiger partial charge is 0.127 e. The van der Waals surface area contributed by atoms with Gasteiger partial charge < -0.3 is 10.1 Å². The van der Waals surface area contributed by atoms with Gasteiger partial charge in [-0.25, -0.2) is 0 Å². The number of hydrogen-bond donors (Lipinski definition) is 1. The van der Waals surface area contributed by atoms with Gasteiger partial charge in [0, 0.05) is 22.5 Å². The Labute approximate surface area is 118 Å². The van der Waals surface area contributed by atoms with Gasteiger partial charge in [0.2, 0.25) is 0 Å². The highest BCUT2D eigenvalue weighted by molar-refractivity contribution is 9.10. The molecule has 0 bridgehead atoms. The summed E-state index contributed by atoms with van der Waals surface area (Å²) in [5.41, 5.74) is 2.81. The molecule has 0 saturated heterocycles. The van der Waals surface area contributed by atoms with Gasteiger partial charge >= 0.3 is 0 Å². The SMILES string of the molecule is CCC(C)(C)C(NC)c1cc(Br)cc2c1OCC2. The van der Waals surface area contributed by atoms with Crippen molar-refractivity contribution >= 4 is 15.9 Å². The summed E-state index contributed by atoms with van der Waals surface area (Å²) in [5, 5.41) is 3.47. The number of fused-ring (bicyclic) bond motifs is 1. The molecule has 2 rings (SSSR count). The molecule has 1 atom stereocenters. The summed E-state index contributed by atoms with van der Waals surface area (Å²) in [4.78, 5) is 0. The fourth-order valence-electron chi connectivity index (χ4n) is 2.68. The summed E-state index contributed by atoms with van der Waals surface area (Å²) >= 11 is 3.62. The van der Waals surface area contributed by atoms with Gasteiger partial charge in [0.1, 0.15) is 5.75 Å². The van der Waals surface area contributed by atoms with Crippen LogP contribution in [0.5, 0.6) is 5.75 Å². The third kappa shape index (κ3) is 2.43. The Morgan fingerprint density at radius 2 is 2.17 bits per heavy atom. The van der Waals surface area contributed by atoms with Crippen molar-refractivity contribution in [2.45, 2.75) is 39.7 Å². The molecule has 18 heavy (non-hydrogen) atoms. The van der Waals surface area contributed by atoms with Crippen molar-refractivity contribution in [3.63, 3.8) is 0 Å². The second-order valence-electron chi connectivity index (χ2n) is 5.65. The number of halogens is 1. The Morgan fingerprint density at radius 3 is 2.78 bits per heavy atom. The Morgan fingerprint density at radius 1 is 1.44 bits per heavy atom. The first-order chi connectivity index (χ1) is 8.49. The zero-order valence-corrected chi connectivity index (χ0v) is 13.2. The van der Waals surface area contributed by atoms with E-state index in [2.05, 4.69) is 54.2 Å². The van der Waals surface area contributed by atoms with E-state index >= 15 is 0 Å². The van der Waals surface area contributed by atoms with Crippen LogP contribution in [-0.2, 0) is 6.42 Å². The van der Waals surface area contributed by atoms with E-state index in [9.17, 15) is 0 Å². The lowest BCUT2D eigenvalue weighted by Gasteiger charge is -2.34. The van der Waals surface area contributed by atoms with Crippen molar-refractivity contribution in [1.29, 1.82) is 0 Å². The van der Waals surface area contributed by atoms with Crippen molar-refractivity contribution in [2.24, 2.45) is 5.41 Å². The minimum absolute atomic E-state index is 0.204. The van der Waals surface area contributed by atoms with Gasteiger partial charge in [-0.15, -0.1) is 0 Å². The molecule has 0 fully saturated rings. The van der Waals surface area contributed by atoms with Crippen LogP contribution in [0.25, 0.3) is 0 Å². The van der Waals surface area contributed by atoms with Crippen molar-refractivity contribution < 1.29 is 4.74 Å². The molecule has 2 nitrogen and oxygen atoms in total. The minimum atomic E-state index is 0.204. The van der Waals surface area contributed by atoms with Crippen LogP contribution >= 0.6 is 15.9 Å². The predicted octanol–water partition coefficient (Wildman–Crippen LogP) is 4.08. The number of nitrogens with one attached hydrogen (secondary N) is 1. The molecule has 1 aromatic carbocycles. The lowest BCUT2D eigenvalue weighted by Crippen LogP contribution is -2.31. The van der Waals surface area contributed by atoms with Crippen LogP contribution in [0.2, 0.25) is 0 Å². The molecule has 0 saturated carbocycles. The first kappa shape index (κ1) is 13.9. The van der Waals surface area contributed by atoms with Crippen LogP contribution in [0.1, 0.15) is 44.4 Å². The van der Waals surface area contributed by atoms with Crippen molar-refractivity contribution in [1.82, 2.24) is 5.32 Å². The van der Waals surface area contributed by atoms with E-state index in [1.165, 1.54) is 11.1 Å². The van der Waals surface area contributed by atoms with E-state index in [1.54, 1.807) is 0 Å². The average molecular weight is 312 g/mol. The topological polar surface area (TPSA) is 21.3 Å². The molecule has 1 heterocycles. The summed E-state index contributed by atoms with van der Waals surface area (Å²) in [6.45, 7) is 7.65. The maximum absolute atomic E-state index is 5.85. The molecule has 0 spiro atoms. The van der Waals surface area contributed by atoms with E-state index in [4.69, 9.17) is 4.74 Å². The molecule has 1 aromatic rings. The quantitative estimate of drug-likeness (QED) is 0.904. The second kappa shape index (κ2) is 5.22. The van der Waals surface area contributed by atoms with Gasteiger partial charge in [0.25, 0.3) is 0 Å². The highest BCUT2D eigenvalue weighted by Gasteiger charge is 2.32. The van der Waals surface area contributed by atoms with Crippen LogP contribution < -0.4 is 10.1 Å². The van der Waals surface area contributed by atoms with Gasteiger partial charge in [-0.1, -0.05) is 36.7 Å². The Bertz CT molecular complexity index is 442. The van der Waals surface area contributed by atoms with Gasteiger partial charge in [-0.05, 0) is 36.6 Å². The Kier molecular flexibility index (Phi) is 4.02. The predicted molar refractivity (Wildman–Crippen MR) is 79.2 cm³/mol. The molecule has 0 aliphatic carbocycles. The first-order valence-corrected chi connectivity index (χ1v) is 7.41. The molecular weight excluding hydrogens is 290 g/mol. The van der Waals surface area contributed by atoms with Crippen molar-refractivity contribution in [3.05, 3.63) is 27.7 Å². The van der Waals surface area contributed by atoms with Crippen LogP contribution in [0.4, 0.5) is 0 Å². The molecule has 0 aromatic heterocycles. The summed E-state index contributed by atoms with van der Waals surface area (Å²) in [6.07, 6.45) is 2.14. The summed E-state index contributed by atoms with van der Waals surface area (Å²) in [6, 6.07) is 4.69. The maximum atomic E-state index is 5.85. The Hall–Kier alpha value is -0.540. The van der Waals surface area contributed by atoms with E-state index in [0.29, 0.717) is 6.04 Å². The third-order valence-corrected chi connectivity index (χ3v) is 4.53. The molecule has 1 aliphatic rings. The summed E-state index contributed by atoms with van der Waals surface area (Å²) in [7, 11) is 2.03. The van der Waals surface area contributed by atoms with Crippen LogP contribution in [-0.4, -0.2) is 13.7 Å². The highest BCUT2D eigenvalue weighted by atomic mass is 79.9. The van der Waals surface area contributed by atoms with E-state index in [1.807, 2.05) is 7.05 Å². The molecule has 0 radical (unpaired) electrons. The van der Waals surface area contributed by atoms with Gasteiger partial charge in [0.05, 0.1) is 6.61 Å². The fourth-order valence-corrected chi connectivity index (χ4v) is 3.21. The van der Waals surface area contributed by atoms with E-state index in [-0.39, 0.29) is 5.41 Å². The third-order valence-electron chi connectivity index (χ3n) is 4.07. The Balaban J connectivity index is 2.49. The van der Waals surface area contributed by atoms with Gasteiger partial charge in [0.15, 0.2) is 0 Å². The monoisotopic (exact) mass is 311 g/mol. The van der Waals surface area contributed by atoms with Crippen molar-refractivity contribution in [3.8, 4) is 5.75 Å². The molecular formula is C15H22BrNO.